The predicted molar refractivity (Wildman–Crippen MR) is 76.1 cm³/mol. The van der Waals surface area contributed by atoms with Crippen molar-refractivity contribution in [3.8, 4) is 0 Å². The van der Waals surface area contributed by atoms with Gasteiger partial charge in [-0.2, -0.15) is 0 Å². The van der Waals surface area contributed by atoms with Crippen LogP contribution in [0.4, 0.5) is 0 Å². The van der Waals surface area contributed by atoms with Crippen molar-refractivity contribution in [2.75, 3.05) is 6.26 Å². The van der Waals surface area contributed by atoms with Crippen molar-refractivity contribution in [3.63, 3.8) is 0 Å². The Kier molecular flexibility index (Phi) is 7.71. The van der Waals surface area contributed by atoms with Gasteiger partial charge in [-0.05, 0) is 18.2 Å². The largest absolute Gasteiger partial charge is 0.129 e. The summed E-state index contributed by atoms with van der Waals surface area (Å²) in [6.07, 6.45) is 2.09. The van der Waals surface area contributed by atoms with Gasteiger partial charge in [0.2, 0.25) is 0 Å². The third-order valence-electron chi connectivity index (χ3n) is 1.90. The smallest absolute Gasteiger partial charge is 0.0261 e. The van der Waals surface area contributed by atoms with Crippen molar-refractivity contribution in [1.82, 2.24) is 0 Å². The molecule has 1 aromatic carbocycles. The van der Waals surface area contributed by atoms with E-state index in [9.17, 15) is 0 Å². The minimum atomic E-state index is 0.447. The Morgan fingerprint density at radius 3 is 2.20 bits per heavy atom. The average molecular weight is 240 g/mol. The fourth-order valence-electron chi connectivity index (χ4n) is 1.16. The number of thiocarbonyl (C=S) groups is 1. The van der Waals surface area contributed by atoms with Crippen molar-refractivity contribution in [3.05, 3.63) is 29.8 Å². The highest BCUT2D eigenvalue weighted by Crippen LogP contribution is 2.22. The van der Waals surface area contributed by atoms with Crippen LogP contribution in [0.25, 0.3) is 0 Å². The van der Waals surface area contributed by atoms with Crippen molar-refractivity contribution in [2.24, 2.45) is 5.92 Å². The molecule has 0 radical (unpaired) electrons. The maximum absolute atomic E-state index is 5.38. The highest BCUT2D eigenvalue weighted by atomic mass is 32.2. The van der Waals surface area contributed by atoms with E-state index >= 15 is 0 Å². The minimum absolute atomic E-state index is 0.447. The van der Waals surface area contributed by atoms with Gasteiger partial charge in [-0.25, -0.2) is 0 Å². The van der Waals surface area contributed by atoms with E-state index < -0.39 is 0 Å². The van der Waals surface area contributed by atoms with Crippen LogP contribution in [0.15, 0.2) is 29.2 Å². The zero-order chi connectivity index (χ0) is 11.8. The molecule has 0 unspecified atom stereocenters. The molecule has 0 atom stereocenters. The van der Waals surface area contributed by atoms with Gasteiger partial charge >= 0.3 is 0 Å². The summed E-state index contributed by atoms with van der Waals surface area (Å²) in [5.41, 5.74) is 1.22. The summed E-state index contributed by atoms with van der Waals surface area (Å²) in [6, 6.07) is 8.32. The molecule has 15 heavy (non-hydrogen) atoms. The Labute approximate surface area is 103 Å². The van der Waals surface area contributed by atoms with Crippen LogP contribution in [-0.4, -0.2) is 11.1 Å². The summed E-state index contributed by atoms with van der Waals surface area (Å²) in [7, 11) is 0. The van der Waals surface area contributed by atoms with Gasteiger partial charge in [0.25, 0.3) is 0 Å². The topological polar surface area (TPSA) is 0 Å². The molecular weight excluding hydrogens is 220 g/mol. The third kappa shape index (κ3) is 4.35. The van der Waals surface area contributed by atoms with Crippen LogP contribution in [-0.2, 0) is 0 Å². The molecule has 0 N–H and O–H groups in total. The van der Waals surface area contributed by atoms with Gasteiger partial charge in [0, 0.05) is 15.3 Å². The first-order valence-electron chi connectivity index (χ1n) is 5.34. The Morgan fingerprint density at radius 2 is 1.73 bits per heavy atom. The van der Waals surface area contributed by atoms with Crippen LogP contribution in [0.5, 0.6) is 0 Å². The van der Waals surface area contributed by atoms with Gasteiger partial charge in [0.15, 0.2) is 0 Å². The molecule has 0 aliphatic carbocycles. The molecule has 1 aromatic rings. The number of hydrogen-bond donors (Lipinski definition) is 0. The molecule has 0 amide bonds. The number of thioether (sulfide) groups is 1. The zero-order valence-corrected chi connectivity index (χ0v) is 11.8. The third-order valence-corrected chi connectivity index (χ3v) is 3.38. The first-order valence-corrected chi connectivity index (χ1v) is 6.97. The quantitative estimate of drug-likeness (QED) is 0.422. The molecule has 0 aliphatic heterocycles. The number of hydrogen-bond acceptors (Lipinski definition) is 2. The molecular formula is C13H20S2. The summed E-state index contributed by atoms with van der Waals surface area (Å²) in [5, 5.41) is 0. The summed E-state index contributed by atoms with van der Waals surface area (Å²) in [6.45, 7) is 8.28. The fraction of sp³-hybridized carbons (Fsp3) is 0.462. The van der Waals surface area contributed by atoms with Crippen LogP contribution in [0, 0.1) is 5.92 Å². The lowest BCUT2D eigenvalue weighted by molar-refractivity contribution is 0.899. The van der Waals surface area contributed by atoms with Gasteiger partial charge in [-0.3, -0.25) is 0 Å². The molecule has 0 aliphatic rings. The molecule has 84 valence electrons. The van der Waals surface area contributed by atoms with Gasteiger partial charge < -0.3 is 0 Å². The molecule has 0 spiro atoms. The molecule has 0 heterocycles. The molecule has 0 fully saturated rings. The van der Waals surface area contributed by atoms with Crippen molar-refractivity contribution < 1.29 is 0 Å². The highest BCUT2D eigenvalue weighted by Gasteiger charge is 2.09. The highest BCUT2D eigenvalue weighted by molar-refractivity contribution is 7.98. The summed E-state index contributed by atoms with van der Waals surface area (Å²) in [5.74, 6) is 0.447. The second-order valence-corrected chi connectivity index (χ2v) is 4.51. The summed E-state index contributed by atoms with van der Waals surface area (Å²) >= 11 is 7.14. The zero-order valence-electron chi connectivity index (χ0n) is 10.2. The minimum Gasteiger partial charge on any atom is -0.129 e. The van der Waals surface area contributed by atoms with Crippen molar-refractivity contribution in [1.29, 1.82) is 0 Å². The van der Waals surface area contributed by atoms with E-state index in [1.54, 1.807) is 11.8 Å². The maximum atomic E-state index is 5.38. The Balaban J connectivity index is 0.000000921. The first-order chi connectivity index (χ1) is 7.16. The maximum Gasteiger partial charge on any atom is 0.0261 e. The lowest BCUT2D eigenvalue weighted by Gasteiger charge is -2.10. The summed E-state index contributed by atoms with van der Waals surface area (Å²) < 4.78 is 0. The van der Waals surface area contributed by atoms with E-state index in [4.69, 9.17) is 12.2 Å². The van der Waals surface area contributed by atoms with Crippen LogP contribution < -0.4 is 0 Å². The van der Waals surface area contributed by atoms with E-state index in [1.165, 1.54) is 10.5 Å². The molecule has 0 aromatic heterocycles. The standard InChI is InChI=1S/C11H14S2.C2H6/c1-8(2)11(12)9-6-4-5-7-10(9)13-3;1-2/h4-8H,1-3H3;1-2H3. The molecule has 0 saturated carbocycles. The Morgan fingerprint density at radius 1 is 1.20 bits per heavy atom. The molecule has 0 bridgehead atoms. The molecule has 0 saturated heterocycles. The van der Waals surface area contributed by atoms with Crippen LogP contribution in [0.2, 0.25) is 0 Å². The lowest BCUT2D eigenvalue weighted by atomic mass is 10.0. The molecule has 0 nitrogen and oxygen atoms in total. The first kappa shape index (κ1) is 14.7. The number of benzene rings is 1. The van der Waals surface area contributed by atoms with Gasteiger partial charge in [-0.1, -0.05) is 58.1 Å². The lowest BCUT2D eigenvalue weighted by Crippen LogP contribution is -2.06. The fourth-order valence-corrected chi connectivity index (χ4v) is 2.01. The van der Waals surface area contributed by atoms with E-state index in [-0.39, 0.29) is 0 Å². The van der Waals surface area contributed by atoms with Gasteiger partial charge in [-0.15, -0.1) is 11.8 Å². The van der Waals surface area contributed by atoms with Crippen LogP contribution in [0.3, 0.4) is 0 Å². The van der Waals surface area contributed by atoms with Crippen molar-refractivity contribution >= 4 is 28.8 Å². The Hall–Kier alpha value is -0.340. The van der Waals surface area contributed by atoms with E-state index in [2.05, 4.69) is 38.3 Å². The van der Waals surface area contributed by atoms with E-state index in [0.717, 1.165) is 4.86 Å². The van der Waals surface area contributed by atoms with E-state index in [1.807, 2.05) is 19.9 Å². The molecule has 2 heteroatoms. The monoisotopic (exact) mass is 240 g/mol. The molecule has 1 rings (SSSR count). The predicted octanol–water partition coefficient (Wildman–Crippen LogP) is 4.81. The SMILES string of the molecule is CC.CSc1ccccc1C(=S)C(C)C. The second-order valence-electron chi connectivity index (χ2n) is 3.22. The van der Waals surface area contributed by atoms with Crippen LogP contribution >= 0.6 is 24.0 Å². The normalized spacial score (nSPS) is 9.47. The van der Waals surface area contributed by atoms with Gasteiger partial charge in [0.1, 0.15) is 0 Å². The van der Waals surface area contributed by atoms with Crippen LogP contribution in [0.1, 0.15) is 33.3 Å². The summed E-state index contributed by atoms with van der Waals surface area (Å²) in [4.78, 5) is 2.34. The Bertz CT molecular complexity index is 303. The second kappa shape index (κ2) is 7.89. The van der Waals surface area contributed by atoms with E-state index in [0.29, 0.717) is 5.92 Å². The number of rotatable bonds is 3. The average Bonchev–Trinajstić information content (AvgIpc) is 2.30. The van der Waals surface area contributed by atoms with Gasteiger partial charge in [0.05, 0.1) is 0 Å². The van der Waals surface area contributed by atoms with Crippen molar-refractivity contribution in [2.45, 2.75) is 32.6 Å².